The Labute approximate surface area is 97.6 Å². The van der Waals surface area contributed by atoms with Gasteiger partial charge in [-0.25, -0.2) is 0 Å². The molecule has 0 bridgehead atoms. The van der Waals surface area contributed by atoms with E-state index in [0.717, 1.165) is 0 Å². The third-order valence-corrected chi connectivity index (χ3v) is 4.04. The van der Waals surface area contributed by atoms with Crippen molar-refractivity contribution in [1.82, 2.24) is 5.32 Å². The van der Waals surface area contributed by atoms with Gasteiger partial charge in [0, 0.05) is 12.0 Å². The Balaban J connectivity index is 1.76. The maximum absolute atomic E-state index is 12.0. The van der Waals surface area contributed by atoms with E-state index >= 15 is 0 Å². The number of hydrogen-bond donors (Lipinski definition) is 2. The van der Waals surface area contributed by atoms with E-state index in [1.54, 1.807) is 6.92 Å². The minimum absolute atomic E-state index is 0.0927. The molecule has 0 radical (unpaired) electrons. The normalized spacial score (nSPS) is 36.1. The number of amides is 1. The highest BCUT2D eigenvalue weighted by atomic mass is 16.3. The van der Waals surface area contributed by atoms with E-state index in [-0.39, 0.29) is 18.1 Å². The van der Waals surface area contributed by atoms with Gasteiger partial charge in [0.05, 0.1) is 6.10 Å². The van der Waals surface area contributed by atoms with Gasteiger partial charge < -0.3 is 10.4 Å². The Bertz CT molecular complexity index is 253. The lowest BCUT2D eigenvalue weighted by Crippen LogP contribution is -2.36. The van der Waals surface area contributed by atoms with Crippen molar-refractivity contribution in [2.24, 2.45) is 17.8 Å². The average molecular weight is 225 g/mol. The summed E-state index contributed by atoms with van der Waals surface area (Å²) in [5.41, 5.74) is 0. The fourth-order valence-corrected chi connectivity index (χ4v) is 3.29. The molecule has 0 aromatic rings. The molecular weight excluding hydrogens is 202 g/mol. The fraction of sp³-hybridized carbons (Fsp3) is 0.923. The van der Waals surface area contributed by atoms with Gasteiger partial charge in [-0.1, -0.05) is 12.8 Å². The molecule has 2 aliphatic carbocycles. The van der Waals surface area contributed by atoms with Crippen molar-refractivity contribution in [3.63, 3.8) is 0 Å². The molecule has 0 saturated heterocycles. The van der Waals surface area contributed by atoms with E-state index in [9.17, 15) is 9.90 Å². The Morgan fingerprint density at radius 2 is 1.88 bits per heavy atom. The van der Waals surface area contributed by atoms with Crippen LogP contribution in [-0.4, -0.2) is 23.2 Å². The topological polar surface area (TPSA) is 49.3 Å². The van der Waals surface area contributed by atoms with Gasteiger partial charge in [0.1, 0.15) is 0 Å². The van der Waals surface area contributed by atoms with E-state index in [0.29, 0.717) is 24.2 Å². The molecule has 0 aliphatic heterocycles. The lowest BCUT2D eigenvalue weighted by Gasteiger charge is -2.15. The molecule has 2 rings (SSSR count). The standard InChI is InChI=1S/C13H23NO2/c1-8(7-9(2)15)14-13(16)12-10-5-3-4-6-11(10)12/h8-12,15H,3-7H2,1-2H3,(H,14,16). The van der Waals surface area contributed by atoms with Crippen LogP contribution in [0.5, 0.6) is 0 Å². The summed E-state index contributed by atoms with van der Waals surface area (Å²) in [6.45, 7) is 3.73. The van der Waals surface area contributed by atoms with E-state index < -0.39 is 0 Å². The molecule has 4 atom stereocenters. The van der Waals surface area contributed by atoms with Gasteiger partial charge in [-0.2, -0.15) is 0 Å². The molecule has 0 aromatic heterocycles. The summed E-state index contributed by atoms with van der Waals surface area (Å²) in [6.07, 6.45) is 5.40. The van der Waals surface area contributed by atoms with E-state index in [4.69, 9.17) is 0 Å². The first kappa shape index (κ1) is 11.9. The molecule has 2 saturated carbocycles. The minimum atomic E-state index is -0.336. The summed E-state index contributed by atoms with van der Waals surface area (Å²) in [7, 11) is 0. The maximum atomic E-state index is 12.0. The Morgan fingerprint density at radius 1 is 1.31 bits per heavy atom. The molecule has 92 valence electrons. The number of aliphatic hydroxyl groups is 1. The largest absolute Gasteiger partial charge is 0.393 e. The second kappa shape index (κ2) is 4.74. The summed E-state index contributed by atoms with van der Waals surface area (Å²) in [5.74, 6) is 1.86. The van der Waals surface area contributed by atoms with Crippen molar-refractivity contribution in [3.05, 3.63) is 0 Å². The summed E-state index contributed by atoms with van der Waals surface area (Å²) in [5, 5.41) is 12.3. The SMILES string of the molecule is CC(O)CC(C)NC(=O)C1C2CCCCC21. The number of hydrogen-bond acceptors (Lipinski definition) is 2. The smallest absolute Gasteiger partial charge is 0.223 e. The minimum Gasteiger partial charge on any atom is -0.393 e. The average Bonchev–Trinajstić information content (AvgIpc) is 2.89. The second-order valence-electron chi connectivity index (χ2n) is 5.63. The van der Waals surface area contributed by atoms with Gasteiger partial charge in [0.15, 0.2) is 0 Å². The molecule has 16 heavy (non-hydrogen) atoms. The number of aliphatic hydroxyl groups excluding tert-OH is 1. The van der Waals surface area contributed by atoms with Crippen LogP contribution in [0.15, 0.2) is 0 Å². The Kier molecular flexibility index (Phi) is 3.53. The lowest BCUT2D eigenvalue weighted by atomic mass is 10.0. The van der Waals surface area contributed by atoms with Gasteiger partial charge >= 0.3 is 0 Å². The molecule has 2 N–H and O–H groups in total. The zero-order valence-electron chi connectivity index (χ0n) is 10.3. The predicted molar refractivity (Wildman–Crippen MR) is 62.8 cm³/mol. The summed E-state index contributed by atoms with van der Waals surface area (Å²) >= 11 is 0. The van der Waals surface area contributed by atoms with Crippen molar-refractivity contribution in [2.45, 2.75) is 58.1 Å². The Hall–Kier alpha value is -0.570. The van der Waals surface area contributed by atoms with Crippen LogP contribution < -0.4 is 5.32 Å². The predicted octanol–water partition coefficient (Wildman–Crippen LogP) is 1.70. The van der Waals surface area contributed by atoms with E-state index in [1.165, 1.54) is 25.7 Å². The first-order valence-electron chi connectivity index (χ1n) is 6.58. The van der Waals surface area contributed by atoms with Crippen molar-refractivity contribution in [1.29, 1.82) is 0 Å². The number of carbonyl (C=O) groups is 1. The van der Waals surface area contributed by atoms with Gasteiger partial charge in [0.25, 0.3) is 0 Å². The number of rotatable bonds is 4. The van der Waals surface area contributed by atoms with Gasteiger partial charge in [0.2, 0.25) is 5.91 Å². The molecule has 0 aromatic carbocycles. The molecular formula is C13H23NO2. The highest BCUT2D eigenvalue weighted by Crippen LogP contribution is 2.55. The Morgan fingerprint density at radius 3 is 2.38 bits per heavy atom. The zero-order chi connectivity index (χ0) is 11.7. The summed E-state index contributed by atoms with van der Waals surface area (Å²) in [6, 6.07) is 0.0927. The number of fused-ring (bicyclic) bond motifs is 1. The summed E-state index contributed by atoms with van der Waals surface area (Å²) in [4.78, 5) is 12.0. The molecule has 4 unspecified atom stereocenters. The molecule has 0 spiro atoms. The highest BCUT2D eigenvalue weighted by Gasteiger charge is 2.54. The third kappa shape index (κ3) is 2.57. The number of nitrogens with one attached hydrogen (secondary N) is 1. The van der Waals surface area contributed by atoms with Gasteiger partial charge in [-0.05, 0) is 44.9 Å². The zero-order valence-corrected chi connectivity index (χ0v) is 10.3. The van der Waals surface area contributed by atoms with E-state index in [1.807, 2.05) is 6.92 Å². The quantitative estimate of drug-likeness (QED) is 0.765. The molecule has 2 aliphatic rings. The molecule has 1 amide bonds. The van der Waals surface area contributed by atoms with Crippen molar-refractivity contribution in [3.8, 4) is 0 Å². The van der Waals surface area contributed by atoms with E-state index in [2.05, 4.69) is 5.32 Å². The van der Waals surface area contributed by atoms with Crippen molar-refractivity contribution in [2.75, 3.05) is 0 Å². The second-order valence-corrected chi connectivity index (χ2v) is 5.63. The van der Waals surface area contributed by atoms with Crippen LogP contribution in [0.4, 0.5) is 0 Å². The maximum Gasteiger partial charge on any atom is 0.223 e. The molecule has 3 heteroatoms. The van der Waals surface area contributed by atoms with Crippen LogP contribution in [0.2, 0.25) is 0 Å². The van der Waals surface area contributed by atoms with Crippen molar-refractivity contribution >= 4 is 5.91 Å². The fourth-order valence-electron chi connectivity index (χ4n) is 3.29. The molecule has 0 heterocycles. The van der Waals surface area contributed by atoms with Crippen LogP contribution in [0.3, 0.4) is 0 Å². The third-order valence-electron chi connectivity index (χ3n) is 4.04. The molecule has 3 nitrogen and oxygen atoms in total. The van der Waals surface area contributed by atoms with Crippen LogP contribution in [0.1, 0.15) is 46.0 Å². The van der Waals surface area contributed by atoms with Crippen LogP contribution >= 0.6 is 0 Å². The van der Waals surface area contributed by atoms with Crippen LogP contribution in [0.25, 0.3) is 0 Å². The van der Waals surface area contributed by atoms with Crippen LogP contribution in [0, 0.1) is 17.8 Å². The van der Waals surface area contributed by atoms with Crippen molar-refractivity contribution < 1.29 is 9.90 Å². The molecule has 2 fully saturated rings. The lowest BCUT2D eigenvalue weighted by molar-refractivity contribution is -0.123. The number of carbonyl (C=O) groups excluding carboxylic acids is 1. The highest BCUT2D eigenvalue weighted by molar-refractivity contribution is 5.82. The first-order chi connectivity index (χ1) is 7.59. The monoisotopic (exact) mass is 225 g/mol. The van der Waals surface area contributed by atoms with Crippen LogP contribution in [-0.2, 0) is 4.79 Å². The van der Waals surface area contributed by atoms with Gasteiger partial charge in [-0.3, -0.25) is 4.79 Å². The van der Waals surface area contributed by atoms with Gasteiger partial charge in [-0.15, -0.1) is 0 Å². The first-order valence-corrected chi connectivity index (χ1v) is 6.58. The summed E-state index contributed by atoms with van der Waals surface area (Å²) < 4.78 is 0.